The van der Waals surface area contributed by atoms with Crippen LogP contribution in [-0.2, 0) is 0 Å². The fraction of sp³-hybridized carbons (Fsp3) is 0.400. The Morgan fingerprint density at radius 2 is 2.33 bits per heavy atom. The second-order valence-corrected chi connectivity index (χ2v) is 3.70. The van der Waals surface area contributed by atoms with Gasteiger partial charge in [-0.3, -0.25) is 10.1 Å². The topological polar surface area (TPSA) is 118 Å². The lowest BCUT2D eigenvalue weighted by Crippen LogP contribution is -2.22. The second kappa shape index (κ2) is 5.80. The monoisotopic (exact) mass is 253 g/mol. The van der Waals surface area contributed by atoms with Crippen LogP contribution in [0.4, 0.5) is 11.5 Å². The van der Waals surface area contributed by atoms with E-state index in [-0.39, 0.29) is 17.2 Å². The smallest absolute Gasteiger partial charge is 0.298 e. The van der Waals surface area contributed by atoms with E-state index in [9.17, 15) is 10.1 Å². The van der Waals surface area contributed by atoms with Crippen molar-refractivity contribution in [2.75, 3.05) is 18.5 Å². The van der Waals surface area contributed by atoms with Gasteiger partial charge >= 0.3 is 0 Å². The van der Waals surface area contributed by atoms with E-state index in [4.69, 9.17) is 10.9 Å². The molecule has 0 saturated carbocycles. The van der Waals surface area contributed by atoms with Crippen LogP contribution in [0.1, 0.15) is 19.0 Å². The first-order chi connectivity index (χ1) is 8.51. The molecule has 0 aliphatic rings. The first kappa shape index (κ1) is 13.7. The fourth-order valence-electron chi connectivity index (χ4n) is 1.49. The van der Waals surface area contributed by atoms with E-state index in [0.29, 0.717) is 5.82 Å². The summed E-state index contributed by atoms with van der Waals surface area (Å²) >= 11 is 0. The number of nitrogens with two attached hydrogens (primary N) is 1. The van der Waals surface area contributed by atoms with E-state index in [0.717, 1.165) is 13.0 Å². The highest BCUT2D eigenvalue weighted by Crippen LogP contribution is 2.20. The van der Waals surface area contributed by atoms with Crippen LogP contribution in [0.5, 0.6) is 0 Å². The number of aromatic nitrogens is 1. The van der Waals surface area contributed by atoms with Crippen molar-refractivity contribution in [1.82, 2.24) is 4.98 Å². The van der Waals surface area contributed by atoms with E-state index in [1.165, 1.54) is 12.1 Å². The molecule has 98 valence electrons. The van der Waals surface area contributed by atoms with Gasteiger partial charge in [-0.1, -0.05) is 12.1 Å². The summed E-state index contributed by atoms with van der Waals surface area (Å²) in [5.41, 5.74) is 4.96. The molecule has 1 aromatic rings. The highest BCUT2D eigenvalue weighted by atomic mass is 16.6. The Hall–Kier alpha value is -2.38. The summed E-state index contributed by atoms with van der Waals surface area (Å²) in [7, 11) is 1.81. The molecule has 1 aromatic heterocycles. The molecule has 0 amide bonds. The largest absolute Gasteiger partial charge is 0.409 e. The molecule has 0 bridgehead atoms. The molecule has 0 saturated heterocycles. The lowest BCUT2D eigenvalue weighted by molar-refractivity contribution is -0.385. The summed E-state index contributed by atoms with van der Waals surface area (Å²) < 4.78 is 0. The summed E-state index contributed by atoms with van der Waals surface area (Å²) in [4.78, 5) is 16.1. The molecule has 0 aliphatic carbocycles. The maximum absolute atomic E-state index is 10.8. The summed E-state index contributed by atoms with van der Waals surface area (Å²) in [5.74, 6) is 0.150. The molecule has 3 N–H and O–H groups in total. The Bertz CT molecular complexity index is 475. The van der Waals surface area contributed by atoms with Crippen LogP contribution in [0.15, 0.2) is 17.3 Å². The Morgan fingerprint density at radius 3 is 2.83 bits per heavy atom. The standard InChI is InChI=1S/C10H15N5O3/c1-3-6-14(2)8-5-4-7(15(17)18)9(12-8)10(11)13-16/h4-5,16H,3,6H2,1-2H3,(H2,11,13). The van der Waals surface area contributed by atoms with Crippen molar-refractivity contribution in [2.45, 2.75) is 13.3 Å². The predicted octanol–water partition coefficient (Wildman–Crippen LogP) is 0.930. The molecule has 0 radical (unpaired) electrons. The minimum Gasteiger partial charge on any atom is -0.409 e. The number of pyridine rings is 1. The lowest BCUT2D eigenvalue weighted by Gasteiger charge is -2.17. The van der Waals surface area contributed by atoms with Gasteiger partial charge in [0.1, 0.15) is 5.82 Å². The van der Waals surface area contributed by atoms with E-state index in [1.54, 1.807) is 0 Å². The average Bonchev–Trinajstić information content (AvgIpc) is 2.37. The van der Waals surface area contributed by atoms with Crippen LogP contribution in [-0.4, -0.2) is 34.5 Å². The van der Waals surface area contributed by atoms with Crippen molar-refractivity contribution in [2.24, 2.45) is 10.9 Å². The molecule has 18 heavy (non-hydrogen) atoms. The molecule has 0 spiro atoms. The lowest BCUT2D eigenvalue weighted by atomic mass is 10.2. The third-order valence-electron chi connectivity index (χ3n) is 2.36. The first-order valence-corrected chi connectivity index (χ1v) is 5.35. The zero-order valence-electron chi connectivity index (χ0n) is 10.2. The van der Waals surface area contributed by atoms with Crippen LogP contribution in [0.25, 0.3) is 0 Å². The SMILES string of the molecule is CCCN(C)c1ccc([N+](=O)[O-])c(/C(N)=N/O)n1. The molecule has 8 heteroatoms. The Labute approximate surface area is 104 Å². The molecule has 0 atom stereocenters. The number of nitrogens with zero attached hydrogens (tertiary/aromatic N) is 4. The number of rotatable bonds is 5. The quantitative estimate of drug-likeness (QED) is 0.265. The predicted molar refractivity (Wildman–Crippen MR) is 67.0 cm³/mol. The summed E-state index contributed by atoms with van der Waals surface area (Å²) in [5, 5.41) is 22.2. The van der Waals surface area contributed by atoms with E-state index < -0.39 is 4.92 Å². The fourth-order valence-corrected chi connectivity index (χ4v) is 1.49. The third-order valence-corrected chi connectivity index (χ3v) is 2.36. The molecular formula is C10H15N5O3. The second-order valence-electron chi connectivity index (χ2n) is 3.70. The molecule has 0 aromatic carbocycles. The first-order valence-electron chi connectivity index (χ1n) is 5.35. The highest BCUT2D eigenvalue weighted by Gasteiger charge is 2.20. The van der Waals surface area contributed by atoms with Crippen LogP contribution in [0.2, 0.25) is 0 Å². The molecule has 0 aliphatic heterocycles. The summed E-state index contributed by atoms with van der Waals surface area (Å²) in [6.45, 7) is 2.76. The van der Waals surface area contributed by atoms with Crippen LogP contribution in [0, 0.1) is 10.1 Å². The van der Waals surface area contributed by atoms with Gasteiger partial charge in [0.15, 0.2) is 11.5 Å². The van der Waals surface area contributed by atoms with Crippen LogP contribution >= 0.6 is 0 Å². The summed E-state index contributed by atoms with van der Waals surface area (Å²) in [6, 6.07) is 2.82. The van der Waals surface area contributed by atoms with Gasteiger partial charge in [-0.05, 0) is 12.5 Å². The van der Waals surface area contributed by atoms with Crippen LogP contribution in [0.3, 0.4) is 0 Å². The van der Waals surface area contributed by atoms with Gasteiger partial charge in [-0.2, -0.15) is 0 Å². The number of nitro groups is 1. The molecule has 1 rings (SSSR count). The number of oxime groups is 1. The number of anilines is 1. The molecule has 1 heterocycles. The van der Waals surface area contributed by atoms with Crippen LogP contribution < -0.4 is 10.6 Å². The maximum Gasteiger partial charge on any atom is 0.298 e. The van der Waals surface area contributed by atoms with Crippen molar-refractivity contribution in [1.29, 1.82) is 0 Å². The van der Waals surface area contributed by atoms with Crippen molar-refractivity contribution in [3.05, 3.63) is 27.9 Å². The normalized spacial score (nSPS) is 11.3. The zero-order chi connectivity index (χ0) is 13.7. The summed E-state index contributed by atoms with van der Waals surface area (Å²) in [6.07, 6.45) is 0.911. The molecular weight excluding hydrogens is 238 g/mol. The number of amidine groups is 1. The van der Waals surface area contributed by atoms with Gasteiger partial charge in [0.05, 0.1) is 4.92 Å². The van der Waals surface area contributed by atoms with E-state index in [2.05, 4.69) is 10.1 Å². The van der Waals surface area contributed by atoms with Gasteiger partial charge < -0.3 is 15.8 Å². The van der Waals surface area contributed by atoms with Gasteiger partial charge in [-0.25, -0.2) is 4.98 Å². The highest BCUT2D eigenvalue weighted by molar-refractivity contribution is 5.99. The zero-order valence-corrected chi connectivity index (χ0v) is 10.2. The Kier molecular flexibility index (Phi) is 4.41. The van der Waals surface area contributed by atoms with Gasteiger partial charge in [-0.15, -0.1) is 0 Å². The van der Waals surface area contributed by atoms with Crippen molar-refractivity contribution in [3.63, 3.8) is 0 Å². The Balaban J connectivity index is 3.25. The minimum absolute atomic E-state index is 0.136. The van der Waals surface area contributed by atoms with E-state index in [1.807, 2.05) is 18.9 Å². The number of hydrogen-bond donors (Lipinski definition) is 2. The maximum atomic E-state index is 10.8. The van der Waals surface area contributed by atoms with Gasteiger partial charge in [0.25, 0.3) is 5.69 Å². The molecule has 0 fully saturated rings. The van der Waals surface area contributed by atoms with Crippen molar-refractivity contribution in [3.8, 4) is 0 Å². The van der Waals surface area contributed by atoms with Gasteiger partial charge in [0.2, 0.25) is 0 Å². The van der Waals surface area contributed by atoms with Gasteiger partial charge in [0, 0.05) is 19.7 Å². The Morgan fingerprint density at radius 1 is 1.67 bits per heavy atom. The molecule has 8 nitrogen and oxygen atoms in total. The van der Waals surface area contributed by atoms with E-state index >= 15 is 0 Å². The third kappa shape index (κ3) is 2.84. The minimum atomic E-state index is -0.621. The van der Waals surface area contributed by atoms with Crippen molar-refractivity contribution >= 4 is 17.3 Å². The number of hydrogen-bond acceptors (Lipinski definition) is 6. The average molecular weight is 253 g/mol. The molecule has 0 unspecified atom stereocenters. The van der Waals surface area contributed by atoms with Crippen molar-refractivity contribution < 1.29 is 10.1 Å².